The highest BCUT2D eigenvalue weighted by Crippen LogP contribution is 2.39. The van der Waals surface area contributed by atoms with Crippen LogP contribution in [0.1, 0.15) is 47.6 Å². The zero-order valence-electron chi connectivity index (χ0n) is 17.3. The smallest absolute Gasteiger partial charge is 0.274 e. The van der Waals surface area contributed by atoms with E-state index in [9.17, 15) is 4.79 Å². The summed E-state index contributed by atoms with van der Waals surface area (Å²) in [6.45, 7) is 4.67. The van der Waals surface area contributed by atoms with Crippen LogP contribution in [0.4, 0.5) is 5.69 Å². The molecule has 6 nitrogen and oxygen atoms in total. The molecule has 2 aromatic heterocycles. The van der Waals surface area contributed by atoms with E-state index in [1.165, 1.54) is 34.9 Å². The molecule has 2 aromatic carbocycles. The topological polar surface area (TPSA) is 75.1 Å². The van der Waals surface area contributed by atoms with Crippen LogP contribution in [0.2, 0.25) is 0 Å². The average molecular weight is 399 g/mol. The van der Waals surface area contributed by atoms with Crippen molar-refractivity contribution in [1.82, 2.24) is 19.6 Å². The van der Waals surface area contributed by atoms with E-state index in [4.69, 9.17) is 0 Å². The van der Waals surface area contributed by atoms with Crippen molar-refractivity contribution in [2.45, 2.75) is 45.6 Å². The standard InChI is InChI=1S/C24H25N5O/c1-15-7-3-4-10-19(15)23-27-24-26-18(13-22(30)29(24)28-23)14-25-21-12-6-11-20(16(21)2)17-8-5-9-17/h3-4,6-7,10-13,17,25H,5,8-9,14H2,1-2H3,(H,26,27,28). The minimum atomic E-state index is -0.163. The predicted octanol–water partition coefficient (Wildman–Crippen LogP) is 4.58. The maximum absolute atomic E-state index is 12.6. The molecule has 2 heterocycles. The minimum absolute atomic E-state index is 0.163. The number of aromatic nitrogens is 4. The highest BCUT2D eigenvalue weighted by molar-refractivity contribution is 5.61. The van der Waals surface area contributed by atoms with Gasteiger partial charge in [-0.05, 0) is 55.4 Å². The van der Waals surface area contributed by atoms with Gasteiger partial charge in [0.1, 0.15) is 0 Å². The molecular weight excluding hydrogens is 374 g/mol. The Bertz CT molecular complexity index is 1280. The van der Waals surface area contributed by atoms with Gasteiger partial charge in [0.25, 0.3) is 11.3 Å². The van der Waals surface area contributed by atoms with E-state index >= 15 is 0 Å². The maximum atomic E-state index is 12.6. The number of nitrogens with zero attached hydrogens (tertiary/aromatic N) is 3. The first-order valence-electron chi connectivity index (χ1n) is 10.5. The van der Waals surface area contributed by atoms with Crippen molar-refractivity contribution in [3.8, 4) is 11.4 Å². The predicted molar refractivity (Wildman–Crippen MR) is 119 cm³/mol. The molecule has 0 aliphatic heterocycles. The van der Waals surface area contributed by atoms with Crippen LogP contribution >= 0.6 is 0 Å². The molecule has 0 amide bonds. The molecule has 0 bridgehead atoms. The first-order chi connectivity index (χ1) is 14.6. The van der Waals surface area contributed by atoms with Crippen LogP contribution in [0, 0.1) is 13.8 Å². The van der Waals surface area contributed by atoms with Gasteiger partial charge >= 0.3 is 0 Å². The number of aryl methyl sites for hydroxylation is 1. The lowest BCUT2D eigenvalue weighted by atomic mass is 9.78. The second-order valence-electron chi connectivity index (χ2n) is 8.11. The third-order valence-electron chi connectivity index (χ3n) is 6.16. The van der Waals surface area contributed by atoms with Gasteiger partial charge in [0.05, 0.1) is 12.2 Å². The number of fused-ring (bicyclic) bond motifs is 1. The van der Waals surface area contributed by atoms with Crippen LogP contribution < -0.4 is 10.9 Å². The molecule has 30 heavy (non-hydrogen) atoms. The monoisotopic (exact) mass is 399 g/mol. The van der Waals surface area contributed by atoms with Gasteiger partial charge in [0.15, 0.2) is 5.82 Å². The third-order valence-corrected chi connectivity index (χ3v) is 6.16. The molecule has 152 valence electrons. The van der Waals surface area contributed by atoms with Crippen molar-refractivity contribution in [2.24, 2.45) is 0 Å². The summed E-state index contributed by atoms with van der Waals surface area (Å²) in [5.41, 5.74) is 6.40. The van der Waals surface area contributed by atoms with Crippen molar-refractivity contribution in [3.63, 3.8) is 0 Å². The summed E-state index contributed by atoms with van der Waals surface area (Å²) in [5, 5.41) is 6.54. The van der Waals surface area contributed by atoms with E-state index in [-0.39, 0.29) is 5.56 Å². The molecule has 0 radical (unpaired) electrons. The van der Waals surface area contributed by atoms with E-state index in [0.29, 0.717) is 29.8 Å². The van der Waals surface area contributed by atoms with Gasteiger partial charge < -0.3 is 5.32 Å². The van der Waals surface area contributed by atoms with Crippen LogP contribution in [-0.2, 0) is 6.54 Å². The first-order valence-corrected chi connectivity index (χ1v) is 10.5. The lowest BCUT2D eigenvalue weighted by molar-refractivity contribution is 0.418. The lowest BCUT2D eigenvalue weighted by Gasteiger charge is -2.28. The van der Waals surface area contributed by atoms with Crippen molar-refractivity contribution in [3.05, 3.63) is 81.3 Å². The van der Waals surface area contributed by atoms with Gasteiger partial charge in [0.2, 0.25) is 0 Å². The zero-order valence-corrected chi connectivity index (χ0v) is 17.3. The summed E-state index contributed by atoms with van der Waals surface area (Å²) >= 11 is 0. The lowest BCUT2D eigenvalue weighted by Crippen LogP contribution is -2.17. The number of H-pyrrole nitrogens is 1. The van der Waals surface area contributed by atoms with E-state index in [2.05, 4.69) is 45.5 Å². The Balaban J connectivity index is 1.42. The minimum Gasteiger partial charge on any atom is -0.379 e. The fraction of sp³-hybridized carbons (Fsp3) is 0.292. The summed E-state index contributed by atoms with van der Waals surface area (Å²) in [7, 11) is 0. The molecule has 5 rings (SSSR count). The summed E-state index contributed by atoms with van der Waals surface area (Å²) in [6, 6.07) is 15.9. The highest BCUT2D eigenvalue weighted by atomic mass is 16.1. The van der Waals surface area contributed by atoms with Crippen molar-refractivity contribution >= 4 is 11.5 Å². The average Bonchev–Trinajstić information content (AvgIpc) is 3.12. The number of nitrogens with one attached hydrogen (secondary N) is 2. The van der Waals surface area contributed by atoms with Crippen LogP contribution in [0.25, 0.3) is 17.2 Å². The van der Waals surface area contributed by atoms with Crippen LogP contribution in [-0.4, -0.2) is 19.6 Å². The zero-order chi connectivity index (χ0) is 20.7. The fourth-order valence-corrected chi connectivity index (χ4v) is 4.17. The molecule has 0 atom stereocenters. The molecule has 0 saturated heterocycles. The Hall–Kier alpha value is -3.41. The van der Waals surface area contributed by atoms with E-state index in [0.717, 1.165) is 16.8 Å². The molecule has 6 heteroatoms. The Kier molecular flexibility index (Phi) is 4.62. The van der Waals surface area contributed by atoms with E-state index in [1.54, 1.807) is 6.07 Å². The largest absolute Gasteiger partial charge is 0.379 e. The molecule has 1 saturated carbocycles. The summed E-state index contributed by atoms with van der Waals surface area (Å²) < 4.78 is 1.40. The van der Waals surface area contributed by atoms with Crippen LogP contribution in [0.5, 0.6) is 0 Å². The molecule has 1 fully saturated rings. The number of anilines is 1. The number of aromatic amines is 1. The number of hydrogen-bond donors (Lipinski definition) is 2. The SMILES string of the molecule is Cc1ccccc1-c1nc2nc(CNc3cccc(C4CCC4)c3C)cc(=O)n2[nH]1. The van der Waals surface area contributed by atoms with Gasteiger partial charge in [-0.1, -0.05) is 42.8 Å². The summed E-state index contributed by atoms with van der Waals surface area (Å²) in [6.07, 6.45) is 3.88. The number of rotatable bonds is 5. The second-order valence-corrected chi connectivity index (χ2v) is 8.11. The molecule has 4 aromatic rings. The van der Waals surface area contributed by atoms with Gasteiger partial charge in [-0.2, -0.15) is 9.50 Å². The fourth-order valence-electron chi connectivity index (χ4n) is 4.17. The van der Waals surface area contributed by atoms with E-state index in [1.807, 2.05) is 31.2 Å². The molecule has 0 spiro atoms. The van der Waals surface area contributed by atoms with Crippen molar-refractivity contribution in [1.29, 1.82) is 0 Å². The van der Waals surface area contributed by atoms with Gasteiger partial charge in [-0.25, -0.2) is 4.98 Å². The Morgan fingerprint density at radius 1 is 1.10 bits per heavy atom. The first kappa shape index (κ1) is 18.6. The molecule has 1 aliphatic carbocycles. The molecule has 2 N–H and O–H groups in total. The molecule has 1 aliphatic rings. The quantitative estimate of drug-likeness (QED) is 0.515. The maximum Gasteiger partial charge on any atom is 0.274 e. The molecule has 0 unspecified atom stereocenters. The Morgan fingerprint density at radius 2 is 1.93 bits per heavy atom. The van der Waals surface area contributed by atoms with Gasteiger partial charge in [-0.3, -0.25) is 9.89 Å². The van der Waals surface area contributed by atoms with Gasteiger partial charge in [-0.15, -0.1) is 0 Å². The van der Waals surface area contributed by atoms with Gasteiger partial charge in [0, 0.05) is 17.3 Å². The summed E-state index contributed by atoms with van der Waals surface area (Å²) in [5.74, 6) is 1.72. The van der Waals surface area contributed by atoms with Crippen molar-refractivity contribution in [2.75, 3.05) is 5.32 Å². The normalized spacial score (nSPS) is 14.1. The Labute approximate surface area is 175 Å². The van der Waals surface area contributed by atoms with E-state index < -0.39 is 0 Å². The van der Waals surface area contributed by atoms with Crippen LogP contribution in [0.15, 0.2) is 53.3 Å². The molecular formula is C24H25N5O. The van der Waals surface area contributed by atoms with Crippen molar-refractivity contribution < 1.29 is 0 Å². The summed E-state index contributed by atoms with van der Waals surface area (Å²) in [4.78, 5) is 21.8. The highest BCUT2D eigenvalue weighted by Gasteiger charge is 2.21. The second kappa shape index (κ2) is 7.44. The van der Waals surface area contributed by atoms with Crippen LogP contribution in [0.3, 0.4) is 0 Å². The number of hydrogen-bond acceptors (Lipinski definition) is 4. The number of benzene rings is 2. The third kappa shape index (κ3) is 3.28. The Morgan fingerprint density at radius 3 is 2.70 bits per heavy atom.